The van der Waals surface area contributed by atoms with Crippen molar-refractivity contribution in [3.63, 3.8) is 0 Å². The fraction of sp³-hybridized carbons (Fsp3) is 0.417. The molecule has 0 fully saturated rings. The quantitative estimate of drug-likeness (QED) is 0.857. The van der Waals surface area contributed by atoms with Gasteiger partial charge in [-0.3, -0.25) is 0 Å². The lowest BCUT2D eigenvalue weighted by Gasteiger charge is -2.18. The SMILES string of the molecule is COc1c(F)cc2c(c1C(O)C(=O)O)OCCCO2. The van der Waals surface area contributed by atoms with Gasteiger partial charge in [-0.1, -0.05) is 0 Å². The van der Waals surface area contributed by atoms with Crippen molar-refractivity contribution in [1.82, 2.24) is 0 Å². The zero-order valence-corrected chi connectivity index (χ0v) is 10.2. The zero-order chi connectivity index (χ0) is 14.0. The number of rotatable bonds is 3. The van der Waals surface area contributed by atoms with Gasteiger partial charge in [0.15, 0.2) is 29.2 Å². The summed E-state index contributed by atoms with van der Waals surface area (Å²) in [6.45, 7) is 0.600. The van der Waals surface area contributed by atoms with Crippen LogP contribution >= 0.6 is 0 Å². The molecule has 1 unspecified atom stereocenters. The van der Waals surface area contributed by atoms with Crippen LogP contribution in [0.25, 0.3) is 0 Å². The monoisotopic (exact) mass is 272 g/mol. The Labute approximate surface area is 108 Å². The molecule has 19 heavy (non-hydrogen) atoms. The van der Waals surface area contributed by atoms with Crippen LogP contribution in [-0.2, 0) is 4.79 Å². The second-order valence-electron chi connectivity index (χ2n) is 3.92. The number of hydrogen-bond donors (Lipinski definition) is 2. The summed E-state index contributed by atoms with van der Waals surface area (Å²) in [5, 5.41) is 18.6. The maximum atomic E-state index is 13.8. The number of aliphatic carboxylic acids is 1. The smallest absolute Gasteiger partial charge is 0.337 e. The molecule has 0 saturated heterocycles. The molecule has 6 nitrogen and oxygen atoms in total. The molecule has 0 aliphatic carbocycles. The van der Waals surface area contributed by atoms with E-state index in [2.05, 4.69) is 0 Å². The number of ether oxygens (including phenoxy) is 3. The highest BCUT2D eigenvalue weighted by atomic mass is 19.1. The molecular weight excluding hydrogens is 259 g/mol. The minimum absolute atomic E-state index is 0.00523. The lowest BCUT2D eigenvalue weighted by atomic mass is 10.1. The van der Waals surface area contributed by atoms with Crippen LogP contribution < -0.4 is 14.2 Å². The van der Waals surface area contributed by atoms with Crippen LogP contribution in [0.3, 0.4) is 0 Å². The second kappa shape index (κ2) is 5.31. The maximum Gasteiger partial charge on any atom is 0.337 e. The van der Waals surface area contributed by atoms with Crippen molar-refractivity contribution in [3.8, 4) is 17.2 Å². The Morgan fingerprint density at radius 3 is 2.79 bits per heavy atom. The first-order valence-corrected chi connectivity index (χ1v) is 5.63. The first-order chi connectivity index (χ1) is 9.06. The van der Waals surface area contributed by atoms with E-state index < -0.39 is 17.9 Å². The summed E-state index contributed by atoms with van der Waals surface area (Å²) in [6, 6.07) is 1.05. The molecular formula is C12H13FO6. The molecule has 1 aliphatic rings. The van der Waals surface area contributed by atoms with Gasteiger partial charge in [-0.2, -0.15) is 0 Å². The van der Waals surface area contributed by atoms with Gasteiger partial charge >= 0.3 is 5.97 Å². The largest absolute Gasteiger partial charge is 0.493 e. The third-order valence-corrected chi connectivity index (χ3v) is 2.69. The van der Waals surface area contributed by atoms with Crippen LogP contribution in [0, 0.1) is 5.82 Å². The number of hydrogen-bond acceptors (Lipinski definition) is 5. The predicted octanol–water partition coefficient (Wildman–Crippen LogP) is 1.11. The van der Waals surface area contributed by atoms with Gasteiger partial charge in [-0.15, -0.1) is 0 Å². The van der Waals surface area contributed by atoms with Crippen molar-refractivity contribution in [3.05, 3.63) is 17.4 Å². The number of benzene rings is 1. The van der Waals surface area contributed by atoms with Gasteiger partial charge < -0.3 is 24.4 Å². The molecule has 0 radical (unpaired) electrons. The van der Waals surface area contributed by atoms with Gasteiger partial charge in [0, 0.05) is 12.5 Å². The van der Waals surface area contributed by atoms with Gasteiger partial charge in [0.25, 0.3) is 0 Å². The van der Waals surface area contributed by atoms with E-state index in [4.69, 9.17) is 19.3 Å². The highest BCUT2D eigenvalue weighted by Gasteiger charge is 2.31. The van der Waals surface area contributed by atoms with Crippen molar-refractivity contribution >= 4 is 5.97 Å². The van der Waals surface area contributed by atoms with Crippen LogP contribution in [-0.4, -0.2) is 36.5 Å². The second-order valence-corrected chi connectivity index (χ2v) is 3.92. The summed E-state index contributed by atoms with van der Waals surface area (Å²) >= 11 is 0. The van der Waals surface area contributed by atoms with E-state index >= 15 is 0 Å². The Morgan fingerprint density at radius 2 is 2.16 bits per heavy atom. The summed E-state index contributed by atoms with van der Waals surface area (Å²) in [4.78, 5) is 10.9. The molecule has 1 atom stereocenters. The van der Waals surface area contributed by atoms with Crippen LogP contribution in [0.4, 0.5) is 4.39 Å². The van der Waals surface area contributed by atoms with Crippen molar-refractivity contribution in [2.45, 2.75) is 12.5 Å². The number of carboxylic acid groups (broad SMARTS) is 1. The summed E-state index contributed by atoms with van der Waals surface area (Å²) in [5.74, 6) is -2.64. The molecule has 2 rings (SSSR count). The molecule has 2 N–H and O–H groups in total. The fourth-order valence-electron chi connectivity index (χ4n) is 1.86. The minimum Gasteiger partial charge on any atom is -0.493 e. The molecule has 7 heteroatoms. The van der Waals surface area contributed by atoms with Gasteiger partial charge in [0.2, 0.25) is 0 Å². The Kier molecular flexibility index (Phi) is 3.75. The molecule has 0 amide bonds. The third kappa shape index (κ3) is 2.41. The van der Waals surface area contributed by atoms with Crippen molar-refractivity contribution in [2.24, 2.45) is 0 Å². The van der Waals surface area contributed by atoms with Crippen LogP contribution in [0.5, 0.6) is 17.2 Å². The first-order valence-electron chi connectivity index (χ1n) is 5.63. The average Bonchev–Trinajstić information content (AvgIpc) is 2.61. The summed E-state index contributed by atoms with van der Waals surface area (Å²) in [7, 11) is 1.18. The van der Waals surface area contributed by atoms with Crippen molar-refractivity contribution < 1.29 is 33.6 Å². The van der Waals surface area contributed by atoms with Gasteiger partial charge in [0.05, 0.1) is 25.9 Å². The van der Waals surface area contributed by atoms with E-state index in [0.29, 0.717) is 13.0 Å². The van der Waals surface area contributed by atoms with Crippen LogP contribution in [0.15, 0.2) is 6.07 Å². The zero-order valence-electron chi connectivity index (χ0n) is 10.2. The molecule has 1 aromatic rings. The highest BCUT2D eigenvalue weighted by Crippen LogP contribution is 2.44. The number of aliphatic hydroxyl groups is 1. The topological polar surface area (TPSA) is 85.2 Å². The highest BCUT2D eigenvalue weighted by molar-refractivity contribution is 5.77. The standard InChI is InChI=1S/C12H13FO6/c1-17-10-6(13)5-7-11(19-4-2-3-18-7)8(10)9(14)12(15)16/h5,9,14H,2-4H2,1H3,(H,15,16). The molecule has 104 valence electrons. The molecule has 0 spiro atoms. The molecule has 1 heterocycles. The van der Waals surface area contributed by atoms with Crippen LogP contribution in [0.2, 0.25) is 0 Å². The van der Waals surface area contributed by atoms with E-state index in [1.54, 1.807) is 0 Å². The Balaban J connectivity index is 2.65. The molecule has 1 aromatic carbocycles. The van der Waals surface area contributed by atoms with Crippen molar-refractivity contribution in [2.75, 3.05) is 20.3 Å². The number of carboxylic acids is 1. The normalized spacial score (nSPS) is 15.5. The number of halogens is 1. The lowest BCUT2D eigenvalue weighted by molar-refractivity contribution is -0.147. The number of aliphatic hydroxyl groups excluding tert-OH is 1. The number of fused-ring (bicyclic) bond motifs is 1. The van der Waals surface area contributed by atoms with Crippen molar-refractivity contribution in [1.29, 1.82) is 0 Å². The minimum atomic E-state index is -1.96. The van der Waals surface area contributed by atoms with E-state index in [0.717, 1.165) is 6.07 Å². The summed E-state index contributed by atoms with van der Waals surface area (Å²) in [5.41, 5.74) is -0.271. The molecule has 0 bridgehead atoms. The lowest BCUT2D eigenvalue weighted by Crippen LogP contribution is -2.14. The Morgan fingerprint density at radius 1 is 1.47 bits per heavy atom. The van der Waals surface area contributed by atoms with Gasteiger partial charge in [0.1, 0.15) is 0 Å². The maximum absolute atomic E-state index is 13.8. The third-order valence-electron chi connectivity index (χ3n) is 2.69. The summed E-state index contributed by atoms with van der Waals surface area (Å²) < 4.78 is 29.3. The Bertz CT molecular complexity index is 501. The van der Waals surface area contributed by atoms with E-state index in [1.807, 2.05) is 0 Å². The van der Waals surface area contributed by atoms with Crippen LogP contribution in [0.1, 0.15) is 18.1 Å². The van der Waals surface area contributed by atoms with E-state index in [9.17, 15) is 14.3 Å². The van der Waals surface area contributed by atoms with E-state index in [-0.39, 0.29) is 29.4 Å². The summed E-state index contributed by atoms with van der Waals surface area (Å²) in [6.07, 6.45) is -1.39. The first kappa shape index (κ1) is 13.4. The number of carbonyl (C=O) groups is 1. The predicted molar refractivity (Wildman–Crippen MR) is 61.2 cm³/mol. The average molecular weight is 272 g/mol. The fourth-order valence-corrected chi connectivity index (χ4v) is 1.86. The number of methoxy groups -OCH3 is 1. The molecule has 0 aromatic heterocycles. The Hall–Kier alpha value is -2.02. The van der Waals surface area contributed by atoms with Gasteiger partial charge in [-0.25, -0.2) is 9.18 Å². The van der Waals surface area contributed by atoms with E-state index in [1.165, 1.54) is 7.11 Å². The van der Waals surface area contributed by atoms with Gasteiger partial charge in [-0.05, 0) is 0 Å². The molecule has 1 aliphatic heterocycles. The molecule has 0 saturated carbocycles.